The Kier molecular flexibility index (Phi) is 0.941. The molecule has 0 aliphatic carbocycles. The monoisotopic (exact) mass is 95.0 g/mol. The van der Waals surface area contributed by atoms with Crippen LogP contribution in [0.25, 0.3) is 0 Å². The molecule has 0 saturated carbocycles. The fourth-order valence-corrected chi connectivity index (χ4v) is 0.310. The van der Waals surface area contributed by atoms with Crippen LogP contribution < -0.4 is 0 Å². The predicted molar refractivity (Wildman–Crippen MR) is 27.9 cm³/mol. The van der Waals surface area contributed by atoms with Crippen molar-refractivity contribution in [2.45, 2.75) is 0 Å². The van der Waals surface area contributed by atoms with Gasteiger partial charge in [-0.05, 0) is 0 Å². The highest BCUT2D eigenvalue weighted by molar-refractivity contribution is 5.76. The maximum atomic E-state index is 4.75. The van der Waals surface area contributed by atoms with Crippen molar-refractivity contribution in [2.24, 2.45) is 4.99 Å². The minimum Gasteiger partial charge on any atom is -0.462 e. The molecule has 0 amide bonds. The minimum atomic E-state index is 0.586. The van der Waals surface area contributed by atoms with Gasteiger partial charge in [0.2, 0.25) is 0 Å². The van der Waals surface area contributed by atoms with Gasteiger partial charge in [-0.15, -0.1) is 0 Å². The first-order valence-electron chi connectivity index (χ1n) is 1.93. The van der Waals surface area contributed by atoms with E-state index in [1.807, 2.05) is 0 Å². The molecule has 0 saturated heterocycles. The normalized spacial score (nSPS) is 16.9. The third kappa shape index (κ3) is 0.892. The molecule has 1 heterocycles. The quantitative estimate of drug-likeness (QED) is 0.441. The molecule has 0 unspecified atom stereocenters. The number of rotatable bonds is 0. The second kappa shape index (κ2) is 1.60. The molecule has 0 aromatic heterocycles. The SMILES string of the molecule is C=C1C=NC=CO1. The molecule has 0 N–H and O–H groups in total. The van der Waals surface area contributed by atoms with Crippen molar-refractivity contribution in [3.8, 4) is 0 Å². The molecule has 0 aromatic carbocycles. The maximum Gasteiger partial charge on any atom is 0.137 e. The molecule has 1 aliphatic rings. The Morgan fingerprint density at radius 3 is 2.86 bits per heavy atom. The van der Waals surface area contributed by atoms with Gasteiger partial charge in [0.1, 0.15) is 12.0 Å². The largest absolute Gasteiger partial charge is 0.462 e. The van der Waals surface area contributed by atoms with Gasteiger partial charge in [0.25, 0.3) is 0 Å². The Balaban J connectivity index is 2.66. The first-order valence-corrected chi connectivity index (χ1v) is 1.93. The van der Waals surface area contributed by atoms with Gasteiger partial charge in [0.05, 0.1) is 12.4 Å². The van der Waals surface area contributed by atoms with Crippen molar-refractivity contribution in [1.82, 2.24) is 0 Å². The number of aliphatic imine (C=N–C) groups is 1. The number of hydrogen-bond acceptors (Lipinski definition) is 2. The molecule has 0 bridgehead atoms. The van der Waals surface area contributed by atoms with Crippen molar-refractivity contribution < 1.29 is 4.74 Å². The summed E-state index contributed by atoms with van der Waals surface area (Å²) < 4.78 is 4.75. The van der Waals surface area contributed by atoms with Crippen molar-refractivity contribution in [3.05, 3.63) is 24.8 Å². The molecule has 1 rings (SSSR count). The zero-order chi connectivity index (χ0) is 5.11. The highest BCUT2D eigenvalue weighted by Crippen LogP contribution is 1.95. The molecule has 7 heavy (non-hydrogen) atoms. The first kappa shape index (κ1) is 4.12. The van der Waals surface area contributed by atoms with Crippen LogP contribution in [-0.4, -0.2) is 6.21 Å². The van der Waals surface area contributed by atoms with Gasteiger partial charge in [-0.3, -0.25) is 4.99 Å². The van der Waals surface area contributed by atoms with E-state index in [1.165, 1.54) is 6.26 Å². The lowest BCUT2D eigenvalue weighted by molar-refractivity contribution is 0.377. The highest BCUT2D eigenvalue weighted by atomic mass is 16.5. The van der Waals surface area contributed by atoms with Crippen LogP contribution in [0.3, 0.4) is 0 Å². The lowest BCUT2D eigenvalue weighted by Gasteiger charge is -1.97. The van der Waals surface area contributed by atoms with E-state index >= 15 is 0 Å². The summed E-state index contributed by atoms with van der Waals surface area (Å²) in [4.78, 5) is 3.73. The van der Waals surface area contributed by atoms with Gasteiger partial charge in [-0.25, -0.2) is 0 Å². The Hall–Kier alpha value is -1.05. The smallest absolute Gasteiger partial charge is 0.137 e. The van der Waals surface area contributed by atoms with Gasteiger partial charge in [0.15, 0.2) is 0 Å². The molecule has 0 atom stereocenters. The van der Waals surface area contributed by atoms with E-state index in [9.17, 15) is 0 Å². The molecule has 0 aromatic rings. The summed E-state index contributed by atoms with van der Waals surface area (Å²) in [5, 5.41) is 0. The van der Waals surface area contributed by atoms with Crippen LogP contribution in [0.2, 0.25) is 0 Å². The summed E-state index contributed by atoms with van der Waals surface area (Å²) in [5.41, 5.74) is 0. The number of hydrogen-bond donors (Lipinski definition) is 0. The standard InChI is InChI=1S/C5H5NO/c1-5-4-6-2-3-7-5/h2-4H,1H2. The van der Waals surface area contributed by atoms with Crippen LogP contribution in [0.1, 0.15) is 0 Å². The summed E-state index contributed by atoms with van der Waals surface area (Å²) in [5.74, 6) is 0.586. The van der Waals surface area contributed by atoms with Gasteiger partial charge in [-0.2, -0.15) is 0 Å². The van der Waals surface area contributed by atoms with Gasteiger partial charge in [0, 0.05) is 0 Å². The molecule has 0 fully saturated rings. The fourth-order valence-electron chi connectivity index (χ4n) is 0.310. The van der Waals surface area contributed by atoms with E-state index in [0.717, 1.165) is 0 Å². The lowest BCUT2D eigenvalue weighted by atomic mass is 10.6. The number of ether oxygens (including phenoxy) is 1. The molecular formula is C5H5NO. The summed E-state index contributed by atoms with van der Waals surface area (Å²) >= 11 is 0. The van der Waals surface area contributed by atoms with Crippen LogP contribution in [0.5, 0.6) is 0 Å². The van der Waals surface area contributed by atoms with Crippen LogP contribution >= 0.6 is 0 Å². The third-order valence-corrected chi connectivity index (χ3v) is 0.585. The third-order valence-electron chi connectivity index (χ3n) is 0.585. The van der Waals surface area contributed by atoms with E-state index in [-0.39, 0.29) is 0 Å². The molecule has 2 nitrogen and oxygen atoms in total. The van der Waals surface area contributed by atoms with Crippen LogP contribution in [0.4, 0.5) is 0 Å². The zero-order valence-corrected chi connectivity index (χ0v) is 3.79. The molecule has 36 valence electrons. The molecular weight excluding hydrogens is 90.1 g/mol. The summed E-state index contributed by atoms with van der Waals surface area (Å²) in [7, 11) is 0. The van der Waals surface area contributed by atoms with E-state index in [4.69, 9.17) is 4.74 Å². The van der Waals surface area contributed by atoms with Crippen molar-refractivity contribution in [1.29, 1.82) is 0 Å². The highest BCUT2D eigenvalue weighted by Gasteiger charge is 1.86. The second-order valence-electron chi connectivity index (χ2n) is 1.15. The maximum absolute atomic E-state index is 4.75. The number of nitrogens with zero attached hydrogens (tertiary/aromatic N) is 1. The lowest BCUT2D eigenvalue weighted by Crippen LogP contribution is -1.86. The average molecular weight is 95.1 g/mol. The molecule has 1 aliphatic heterocycles. The van der Waals surface area contributed by atoms with Crippen LogP contribution in [0, 0.1) is 0 Å². The topological polar surface area (TPSA) is 21.6 Å². The van der Waals surface area contributed by atoms with Crippen LogP contribution in [0.15, 0.2) is 29.8 Å². The van der Waals surface area contributed by atoms with E-state index in [2.05, 4.69) is 11.6 Å². The second-order valence-corrected chi connectivity index (χ2v) is 1.15. The van der Waals surface area contributed by atoms with Crippen molar-refractivity contribution in [3.63, 3.8) is 0 Å². The van der Waals surface area contributed by atoms with E-state index in [1.54, 1.807) is 12.4 Å². The molecule has 0 spiro atoms. The van der Waals surface area contributed by atoms with Gasteiger partial charge < -0.3 is 4.74 Å². The Bertz CT molecular complexity index is 135. The molecule has 2 heteroatoms. The fraction of sp³-hybridized carbons (Fsp3) is 0. The summed E-state index contributed by atoms with van der Waals surface area (Å²) in [6, 6.07) is 0. The van der Waals surface area contributed by atoms with E-state index < -0.39 is 0 Å². The first-order chi connectivity index (χ1) is 3.39. The van der Waals surface area contributed by atoms with Crippen molar-refractivity contribution in [2.75, 3.05) is 0 Å². The number of allylic oxidation sites excluding steroid dienone is 1. The zero-order valence-electron chi connectivity index (χ0n) is 3.79. The van der Waals surface area contributed by atoms with Gasteiger partial charge >= 0.3 is 0 Å². The average Bonchev–Trinajstić information content (AvgIpc) is 1.69. The van der Waals surface area contributed by atoms with Crippen LogP contribution in [-0.2, 0) is 4.74 Å². The Morgan fingerprint density at radius 1 is 1.71 bits per heavy atom. The van der Waals surface area contributed by atoms with Gasteiger partial charge in [-0.1, -0.05) is 6.58 Å². The minimum absolute atomic E-state index is 0.586. The Labute approximate surface area is 41.8 Å². The molecule has 0 radical (unpaired) electrons. The predicted octanol–water partition coefficient (Wildman–Crippen LogP) is 1.07. The van der Waals surface area contributed by atoms with Crippen molar-refractivity contribution >= 4 is 6.21 Å². The Morgan fingerprint density at radius 2 is 2.57 bits per heavy atom. The van der Waals surface area contributed by atoms with E-state index in [0.29, 0.717) is 5.76 Å². The summed E-state index contributed by atoms with van der Waals surface area (Å²) in [6.07, 6.45) is 4.61. The summed E-state index contributed by atoms with van der Waals surface area (Å²) in [6.45, 7) is 3.49.